The molecule has 0 spiro atoms. The number of nitrogens with zero attached hydrogens (tertiary/aromatic N) is 2. The summed E-state index contributed by atoms with van der Waals surface area (Å²) in [6.07, 6.45) is -0.808. The lowest BCUT2D eigenvalue weighted by Crippen LogP contribution is -2.30. The van der Waals surface area contributed by atoms with Crippen molar-refractivity contribution in [2.45, 2.75) is 30.3 Å². The topological polar surface area (TPSA) is 141 Å². The molecule has 2 aromatic rings. The van der Waals surface area contributed by atoms with Crippen LogP contribution in [0, 0.1) is 0 Å². The third-order valence-corrected chi connectivity index (χ3v) is 6.73. The smallest absolute Gasteiger partial charge is 0.475 e. The molecule has 3 N–H and O–H groups in total. The molecule has 0 radical (unpaired) electrons. The molecule has 10 nitrogen and oxygen atoms in total. The van der Waals surface area contributed by atoms with Crippen LogP contribution in [0.3, 0.4) is 0 Å². The predicted octanol–water partition coefficient (Wildman–Crippen LogP) is 2.06. The summed E-state index contributed by atoms with van der Waals surface area (Å²) in [4.78, 5) is 27.5. The number of hydrogen-bond acceptors (Lipinski definition) is 8. The number of halogens is 3. The molecule has 1 aromatic carbocycles. The highest BCUT2D eigenvalue weighted by Crippen LogP contribution is 2.13. The van der Waals surface area contributed by atoms with Crippen LogP contribution in [-0.4, -0.2) is 81.4 Å². The minimum Gasteiger partial charge on any atom is -0.475 e. The Morgan fingerprint density at radius 2 is 1.89 bits per heavy atom. The summed E-state index contributed by atoms with van der Waals surface area (Å²) < 4.78 is 60.6. The number of likely N-dealkylation sites (N-methyl/N-ethyl adjacent to an activating group) is 1. The molecule has 1 aliphatic rings. The van der Waals surface area contributed by atoms with Gasteiger partial charge in [0.1, 0.15) is 22.9 Å². The zero-order chi connectivity index (χ0) is 27.5. The summed E-state index contributed by atoms with van der Waals surface area (Å²) in [6.45, 7) is 2.80. The fraction of sp³-hybridized carbons (Fsp3) is 0.435. The zero-order valence-corrected chi connectivity index (χ0v) is 20.9. The minimum atomic E-state index is -5.08. The molecule has 1 aromatic heterocycles. The van der Waals surface area contributed by atoms with Gasteiger partial charge in [0.15, 0.2) is 9.84 Å². The first-order valence-corrected chi connectivity index (χ1v) is 12.9. The average Bonchev–Trinajstić information content (AvgIpc) is 3.57. The fourth-order valence-corrected chi connectivity index (χ4v) is 4.16. The van der Waals surface area contributed by atoms with Gasteiger partial charge in [-0.3, -0.25) is 9.79 Å². The van der Waals surface area contributed by atoms with E-state index in [9.17, 15) is 26.4 Å². The van der Waals surface area contributed by atoms with Gasteiger partial charge < -0.3 is 25.1 Å². The normalized spacial score (nSPS) is 13.2. The number of aliphatic imine (C=N–C) groups is 1. The molecule has 0 unspecified atom stereocenters. The lowest BCUT2D eigenvalue weighted by Gasteiger charge is -2.17. The molecule has 1 amide bonds. The lowest BCUT2D eigenvalue weighted by molar-refractivity contribution is -0.192. The number of nitrogens with one attached hydrogen (secondary N) is 2. The van der Waals surface area contributed by atoms with Crippen LogP contribution in [0.1, 0.15) is 24.0 Å². The second-order valence-corrected chi connectivity index (χ2v) is 10.0. The molecule has 1 aliphatic heterocycles. The van der Waals surface area contributed by atoms with Crippen LogP contribution in [0.4, 0.5) is 13.2 Å². The number of carboxylic acids is 1. The number of benzene rings is 1. The monoisotopic (exact) mass is 546 g/mol. The molecule has 204 valence electrons. The van der Waals surface area contributed by atoms with Crippen LogP contribution < -0.4 is 10.6 Å². The number of amides is 1. The van der Waals surface area contributed by atoms with E-state index < -0.39 is 22.0 Å². The van der Waals surface area contributed by atoms with E-state index in [4.69, 9.17) is 14.3 Å². The van der Waals surface area contributed by atoms with Gasteiger partial charge in [-0.25, -0.2) is 13.2 Å². The quantitative estimate of drug-likeness (QED) is 0.364. The van der Waals surface area contributed by atoms with Crippen LogP contribution in [-0.2, 0) is 25.8 Å². The number of carbonyl (C=O) groups is 2. The molecule has 0 atom stereocenters. The van der Waals surface area contributed by atoms with Crippen molar-refractivity contribution in [2.75, 3.05) is 39.1 Å². The Balaban J connectivity index is 0.000000604. The Hall–Kier alpha value is -3.39. The van der Waals surface area contributed by atoms with Crippen molar-refractivity contribution in [3.05, 3.63) is 54.0 Å². The third-order valence-electron chi connectivity index (χ3n) is 5.20. The molecule has 0 fully saturated rings. The molecule has 0 bridgehead atoms. The highest BCUT2D eigenvalue weighted by molar-refractivity contribution is 7.91. The summed E-state index contributed by atoms with van der Waals surface area (Å²) in [6, 6.07) is 9.67. The Morgan fingerprint density at radius 3 is 2.43 bits per heavy atom. The number of amidine groups is 1. The SMILES string of the molecule is CN(CCc1ccc(C2=NCCN2)cc1)C(=O)CCCNCS(=O)(=O)c1ccoc1.O=C(O)C(F)(F)F. The van der Waals surface area contributed by atoms with Crippen molar-refractivity contribution in [1.82, 2.24) is 15.5 Å². The number of rotatable bonds is 11. The molecule has 3 rings (SSSR count). The van der Waals surface area contributed by atoms with Gasteiger partial charge in [0.25, 0.3) is 0 Å². The maximum absolute atomic E-state index is 12.3. The number of furan rings is 1. The number of aliphatic carboxylic acids is 1. The lowest BCUT2D eigenvalue weighted by atomic mass is 10.1. The van der Waals surface area contributed by atoms with Crippen molar-refractivity contribution in [2.24, 2.45) is 4.99 Å². The van der Waals surface area contributed by atoms with Crippen molar-refractivity contribution in [3.8, 4) is 0 Å². The number of carbonyl (C=O) groups excluding carboxylic acids is 1. The summed E-state index contributed by atoms with van der Waals surface area (Å²) in [5, 5.41) is 13.3. The first-order valence-electron chi connectivity index (χ1n) is 11.3. The number of alkyl halides is 3. The number of sulfone groups is 1. The molecular formula is C23H29F3N4O6S. The zero-order valence-electron chi connectivity index (χ0n) is 20.1. The summed E-state index contributed by atoms with van der Waals surface area (Å²) in [5.41, 5.74) is 2.26. The summed E-state index contributed by atoms with van der Waals surface area (Å²) >= 11 is 0. The van der Waals surface area contributed by atoms with Crippen LogP contribution in [0.15, 0.2) is 57.2 Å². The largest absolute Gasteiger partial charge is 0.490 e. The standard InChI is InChI=1S/C21H28N4O4S.C2HF3O2/c1-25(13-8-17-4-6-18(7-5-17)21-23-11-12-24-21)20(26)3-2-10-22-16-30(27,28)19-9-14-29-15-19;3-2(4,5)1(6)7/h4-7,9,14-15,22H,2-3,8,10-13,16H2,1H3,(H,23,24);(H,6,7). The van der Waals surface area contributed by atoms with Gasteiger partial charge in [0, 0.05) is 32.1 Å². The van der Waals surface area contributed by atoms with E-state index in [1.54, 1.807) is 11.9 Å². The highest BCUT2D eigenvalue weighted by atomic mass is 32.2. The molecule has 0 saturated heterocycles. The predicted molar refractivity (Wildman–Crippen MR) is 129 cm³/mol. The van der Waals surface area contributed by atoms with Gasteiger partial charge >= 0.3 is 12.1 Å². The van der Waals surface area contributed by atoms with E-state index in [2.05, 4.69) is 39.9 Å². The van der Waals surface area contributed by atoms with Crippen LogP contribution in [0.5, 0.6) is 0 Å². The Kier molecular flexibility index (Phi) is 11.1. The van der Waals surface area contributed by atoms with E-state index in [-0.39, 0.29) is 16.7 Å². The van der Waals surface area contributed by atoms with E-state index >= 15 is 0 Å². The molecule has 0 aliphatic carbocycles. The fourth-order valence-electron chi connectivity index (χ4n) is 3.12. The van der Waals surface area contributed by atoms with Crippen molar-refractivity contribution in [1.29, 1.82) is 0 Å². The first kappa shape index (κ1) is 29.8. The van der Waals surface area contributed by atoms with Gasteiger partial charge in [0.2, 0.25) is 5.91 Å². The Bertz CT molecular complexity index is 1150. The minimum absolute atomic E-state index is 0.0515. The first-order chi connectivity index (χ1) is 17.4. The molecule has 0 saturated carbocycles. The summed E-state index contributed by atoms with van der Waals surface area (Å²) in [7, 11) is -1.60. The second-order valence-electron chi connectivity index (χ2n) is 8.04. The van der Waals surface area contributed by atoms with Crippen LogP contribution in [0.25, 0.3) is 0 Å². The van der Waals surface area contributed by atoms with Gasteiger partial charge in [-0.15, -0.1) is 0 Å². The molecule has 14 heteroatoms. The maximum Gasteiger partial charge on any atom is 0.490 e. The summed E-state index contributed by atoms with van der Waals surface area (Å²) in [5.74, 6) is -1.93. The average molecular weight is 547 g/mol. The molecular weight excluding hydrogens is 517 g/mol. The van der Waals surface area contributed by atoms with E-state index in [0.29, 0.717) is 25.9 Å². The van der Waals surface area contributed by atoms with Crippen molar-refractivity contribution >= 4 is 27.5 Å². The van der Waals surface area contributed by atoms with Crippen molar-refractivity contribution in [3.63, 3.8) is 0 Å². The third kappa shape index (κ3) is 10.2. The van der Waals surface area contributed by atoms with E-state index in [0.717, 1.165) is 30.9 Å². The van der Waals surface area contributed by atoms with Crippen molar-refractivity contribution < 1.29 is 40.7 Å². The molecule has 2 heterocycles. The number of carboxylic acid groups (broad SMARTS) is 1. The second kappa shape index (κ2) is 13.8. The Labute approximate surface area is 212 Å². The Morgan fingerprint density at radius 1 is 1.22 bits per heavy atom. The maximum atomic E-state index is 12.3. The van der Waals surface area contributed by atoms with Gasteiger partial charge in [-0.2, -0.15) is 13.2 Å². The van der Waals surface area contributed by atoms with Gasteiger partial charge in [0.05, 0.1) is 12.8 Å². The van der Waals surface area contributed by atoms with E-state index in [1.165, 1.54) is 24.2 Å². The van der Waals surface area contributed by atoms with Gasteiger partial charge in [-0.05, 0) is 31.0 Å². The van der Waals surface area contributed by atoms with Crippen LogP contribution in [0.2, 0.25) is 0 Å². The van der Waals surface area contributed by atoms with Gasteiger partial charge in [-0.1, -0.05) is 24.3 Å². The highest BCUT2D eigenvalue weighted by Gasteiger charge is 2.38. The number of hydrogen-bond donors (Lipinski definition) is 3. The molecule has 37 heavy (non-hydrogen) atoms. The van der Waals surface area contributed by atoms with E-state index in [1.807, 2.05) is 0 Å². The van der Waals surface area contributed by atoms with Crippen LogP contribution >= 0.6 is 0 Å².